The Hall–Kier alpha value is -1.00. The number of nitrogens with two attached hydrogens (primary N) is 1. The molecule has 100 valence electrons. The minimum absolute atomic E-state index is 0.0593. The van der Waals surface area contributed by atoms with E-state index >= 15 is 0 Å². The molecule has 1 fully saturated rings. The zero-order valence-corrected chi connectivity index (χ0v) is 11.5. The van der Waals surface area contributed by atoms with Gasteiger partial charge in [0.05, 0.1) is 16.4 Å². The zero-order chi connectivity index (χ0) is 13.3. The Bertz CT molecular complexity index is 444. The van der Waals surface area contributed by atoms with Crippen molar-refractivity contribution < 1.29 is 4.39 Å². The van der Waals surface area contributed by atoms with Gasteiger partial charge in [0.2, 0.25) is 0 Å². The first kappa shape index (κ1) is 13.4. The number of likely N-dealkylation sites (N-methyl/N-ethyl adjacent to an activating group) is 1. The average molecular weight is 272 g/mol. The third-order valence-electron chi connectivity index (χ3n) is 3.93. The second kappa shape index (κ2) is 4.94. The van der Waals surface area contributed by atoms with Crippen molar-refractivity contribution in [1.29, 1.82) is 0 Å². The van der Waals surface area contributed by atoms with Crippen LogP contribution in [0.5, 0.6) is 0 Å². The highest BCUT2D eigenvalue weighted by Gasteiger charge is 2.38. The first-order valence-corrected chi connectivity index (χ1v) is 6.48. The largest absolute Gasteiger partial charge is 0.397 e. The van der Waals surface area contributed by atoms with Crippen molar-refractivity contribution in [1.82, 2.24) is 4.90 Å². The second-order valence-corrected chi connectivity index (χ2v) is 5.59. The maximum atomic E-state index is 13.4. The van der Waals surface area contributed by atoms with Gasteiger partial charge in [0, 0.05) is 18.2 Å². The molecule has 0 saturated heterocycles. The van der Waals surface area contributed by atoms with Gasteiger partial charge >= 0.3 is 0 Å². The van der Waals surface area contributed by atoms with Crippen LogP contribution in [0.15, 0.2) is 12.1 Å². The molecule has 0 atom stereocenters. The normalized spacial score (nSPS) is 17.6. The standard InChI is InChI=1S/C13H19ClFN3/c1-18(2)13(4-3-5-13)8-17-12-7-10(15)9(14)6-11(12)16/h6-7,17H,3-5,8,16H2,1-2H3. The highest BCUT2D eigenvalue weighted by molar-refractivity contribution is 6.31. The number of nitrogens with zero attached hydrogens (tertiary/aromatic N) is 1. The molecule has 1 aliphatic carbocycles. The van der Waals surface area contributed by atoms with Crippen molar-refractivity contribution in [2.75, 3.05) is 31.7 Å². The van der Waals surface area contributed by atoms with Crippen LogP contribution in [0.4, 0.5) is 15.8 Å². The molecule has 18 heavy (non-hydrogen) atoms. The van der Waals surface area contributed by atoms with E-state index in [1.54, 1.807) is 0 Å². The van der Waals surface area contributed by atoms with Crippen LogP contribution in [0.25, 0.3) is 0 Å². The molecule has 0 heterocycles. The Kier molecular flexibility index (Phi) is 3.69. The van der Waals surface area contributed by atoms with Gasteiger partial charge in [-0.25, -0.2) is 4.39 Å². The summed E-state index contributed by atoms with van der Waals surface area (Å²) >= 11 is 5.67. The van der Waals surface area contributed by atoms with Crippen LogP contribution >= 0.6 is 11.6 Å². The number of halogens is 2. The zero-order valence-electron chi connectivity index (χ0n) is 10.8. The van der Waals surface area contributed by atoms with Crippen molar-refractivity contribution in [3.8, 4) is 0 Å². The maximum Gasteiger partial charge on any atom is 0.143 e. The minimum Gasteiger partial charge on any atom is -0.397 e. The highest BCUT2D eigenvalue weighted by Crippen LogP contribution is 2.37. The minimum atomic E-state index is -0.444. The van der Waals surface area contributed by atoms with Gasteiger partial charge < -0.3 is 16.0 Å². The van der Waals surface area contributed by atoms with Gasteiger partial charge in [-0.3, -0.25) is 0 Å². The topological polar surface area (TPSA) is 41.3 Å². The smallest absolute Gasteiger partial charge is 0.143 e. The number of benzene rings is 1. The quantitative estimate of drug-likeness (QED) is 0.828. The maximum absolute atomic E-state index is 13.4. The summed E-state index contributed by atoms with van der Waals surface area (Å²) in [4.78, 5) is 2.23. The number of nitrogens with one attached hydrogen (secondary N) is 1. The average Bonchev–Trinajstić information content (AvgIpc) is 2.23. The van der Waals surface area contributed by atoms with Crippen molar-refractivity contribution in [3.63, 3.8) is 0 Å². The van der Waals surface area contributed by atoms with E-state index in [1.807, 2.05) is 0 Å². The fourth-order valence-corrected chi connectivity index (χ4v) is 2.51. The lowest BCUT2D eigenvalue weighted by atomic mass is 9.75. The van der Waals surface area contributed by atoms with Gasteiger partial charge in [0.15, 0.2) is 0 Å². The van der Waals surface area contributed by atoms with Crippen LogP contribution in [0.1, 0.15) is 19.3 Å². The summed E-state index contributed by atoms with van der Waals surface area (Å²) in [6, 6.07) is 2.81. The molecule has 1 aromatic carbocycles. The van der Waals surface area contributed by atoms with E-state index in [2.05, 4.69) is 24.3 Å². The molecule has 1 aromatic rings. The molecule has 3 nitrogen and oxygen atoms in total. The summed E-state index contributed by atoms with van der Waals surface area (Å²) in [5, 5.41) is 3.30. The van der Waals surface area contributed by atoms with Crippen molar-refractivity contribution in [3.05, 3.63) is 23.0 Å². The van der Waals surface area contributed by atoms with Crippen LogP contribution in [0, 0.1) is 5.82 Å². The van der Waals surface area contributed by atoms with Crippen LogP contribution in [0.3, 0.4) is 0 Å². The molecular weight excluding hydrogens is 253 g/mol. The molecule has 1 aliphatic rings. The monoisotopic (exact) mass is 271 g/mol. The Morgan fingerprint density at radius 1 is 1.44 bits per heavy atom. The number of anilines is 2. The Balaban J connectivity index is 2.08. The summed E-state index contributed by atoms with van der Waals surface area (Å²) in [6.45, 7) is 0.769. The fraction of sp³-hybridized carbons (Fsp3) is 0.538. The lowest BCUT2D eigenvalue weighted by Crippen LogP contribution is -2.54. The molecule has 3 N–H and O–H groups in total. The van der Waals surface area contributed by atoms with Crippen LogP contribution in [-0.2, 0) is 0 Å². The number of hydrogen-bond acceptors (Lipinski definition) is 3. The lowest BCUT2D eigenvalue weighted by molar-refractivity contribution is 0.0739. The van der Waals surface area contributed by atoms with E-state index in [9.17, 15) is 4.39 Å². The van der Waals surface area contributed by atoms with E-state index in [4.69, 9.17) is 17.3 Å². The third-order valence-corrected chi connectivity index (χ3v) is 4.22. The Morgan fingerprint density at radius 3 is 2.61 bits per heavy atom. The van der Waals surface area contributed by atoms with Crippen LogP contribution in [0.2, 0.25) is 5.02 Å². The molecule has 0 aliphatic heterocycles. The Morgan fingerprint density at radius 2 is 2.11 bits per heavy atom. The summed E-state index contributed by atoms with van der Waals surface area (Å²) in [5.74, 6) is -0.444. The van der Waals surface area contributed by atoms with Crippen LogP contribution < -0.4 is 11.1 Å². The fourth-order valence-electron chi connectivity index (χ4n) is 2.34. The van der Waals surface area contributed by atoms with Crippen molar-refractivity contribution in [2.45, 2.75) is 24.8 Å². The highest BCUT2D eigenvalue weighted by atomic mass is 35.5. The summed E-state index contributed by atoms with van der Waals surface area (Å²) in [6.07, 6.45) is 3.55. The van der Waals surface area contributed by atoms with Gasteiger partial charge in [-0.1, -0.05) is 11.6 Å². The van der Waals surface area contributed by atoms with Gasteiger partial charge in [-0.2, -0.15) is 0 Å². The predicted octanol–water partition coefficient (Wildman–Crippen LogP) is 2.96. The molecule has 0 aromatic heterocycles. The number of nitrogen functional groups attached to an aromatic ring is 1. The van der Waals surface area contributed by atoms with Crippen molar-refractivity contribution >= 4 is 23.0 Å². The molecule has 0 bridgehead atoms. The SMILES string of the molecule is CN(C)C1(CNc2cc(F)c(Cl)cc2N)CCC1. The van der Waals surface area contributed by atoms with Gasteiger partial charge in [0.1, 0.15) is 5.82 Å². The first-order chi connectivity index (χ1) is 8.44. The summed E-state index contributed by atoms with van der Waals surface area (Å²) in [7, 11) is 4.15. The van der Waals surface area contributed by atoms with Crippen molar-refractivity contribution in [2.24, 2.45) is 0 Å². The molecular formula is C13H19ClFN3. The summed E-state index contributed by atoms with van der Waals surface area (Å²) < 4.78 is 13.4. The van der Waals surface area contributed by atoms with E-state index < -0.39 is 5.82 Å². The number of rotatable bonds is 4. The molecule has 1 saturated carbocycles. The van der Waals surface area contributed by atoms with Gasteiger partial charge in [-0.15, -0.1) is 0 Å². The lowest BCUT2D eigenvalue weighted by Gasteiger charge is -2.47. The molecule has 0 unspecified atom stereocenters. The third kappa shape index (κ3) is 2.40. The molecule has 0 radical (unpaired) electrons. The molecule has 5 heteroatoms. The van der Waals surface area contributed by atoms with E-state index in [0.29, 0.717) is 11.4 Å². The second-order valence-electron chi connectivity index (χ2n) is 5.18. The van der Waals surface area contributed by atoms with Gasteiger partial charge in [-0.05, 0) is 39.4 Å². The Labute approximate surface area is 112 Å². The molecule has 0 amide bonds. The van der Waals surface area contributed by atoms with Gasteiger partial charge in [0.25, 0.3) is 0 Å². The summed E-state index contributed by atoms with van der Waals surface area (Å²) in [5.41, 5.74) is 7.09. The number of hydrogen-bond donors (Lipinski definition) is 2. The predicted molar refractivity (Wildman–Crippen MR) is 74.6 cm³/mol. The van der Waals surface area contributed by atoms with E-state index in [1.165, 1.54) is 18.6 Å². The molecule has 0 spiro atoms. The molecule has 2 rings (SSSR count). The van der Waals surface area contributed by atoms with E-state index in [0.717, 1.165) is 19.4 Å². The van der Waals surface area contributed by atoms with Crippen LogP contribution in [-0.4, -0.2) is 31.1 Å². The first-order valence-electron chi connectivity index (χ1n) is 6.10. The van der Waals surface area contributed by atoms with E-state index in [-0.39, 0.29) is 10.6 Å².